The molecule has 0 aromatic heterocycles. The molecule has 1 unspecified atom stereocenters. The third-order valence-corrected chi connectivity index (χ3v) is 5.74. The van der Waals surface area contributed by atoms with Crippen LogP contribution in [0.25, 0.3) is 0 Å². The Morgan fingerprint density at radius 3 is 2.16 bits per heavy atom. The average molecular weight is 264 g/mol. The van der Waals surface area contributed by atoms with Crippen molar-refractivity contribution in [3.8, 4) is 0 Å². The summed E-state index contributed by atoms with van der Waals surface area (Å²) >= 11 is 0. The van der Waals surface area contributed by atoms with Gasteiger partial charge in [-0.2, -0.15) is 0 Å². The molecule has 0 spiro atoms. The van der Waals surface area contributed by atoms with Crippen LogP contribution in [-0.4, -0.2) is 24.1 Å². The first-order chi connectivity index (χ1) is 8.77. The summed E-state index contributed by atoms with van der Waals surface area (Å²) in [6.45, 7) is 8.38. The summed E-state index contributed by atoms with van der Waals surface area (Å²) in [6, 6.07) is 0. The Morgan fingerprint density at radius 1 is 1.11 bits per heavy atom. The number of ketones is 1. The van der Waals surface area contributed by atoms with E-state index in [1.807, 2.05) is 0 Å². The molecule has 0 N–H and O–H groups in total. The summed E-state index contributed by atoms with van der Waals surface area (Å²) in [4.78, 5) is 12.0. The zero-order valence-electron chi connectivity index (χ0n) is 12.6. The smallest absolute Gasteiger partial charge is 0.403 e. The van der Waals surface area contributed by atoms with Gasteiger partial charge in [-0.05, 0) is 46.5 Å². The number of hydrogen-bond donors (Lipinski definition) is 0. The SMILES string of the molecule is CC1(C)OB(C2(C3CC3)CCCC(=O)C2)OC1(C)C. The molecular formula is C15H25BO3. The van der Waals surface area contributed by atoms with Gasteiger partial charge in [-0.1, -0.05) is 12.8 Å². The molecule has 2 saturated carbocycles. The Kier molecular flexibility index (Phi) is 2.93. The maximum absolute atomic E-state index is 12.0. The quantitative estimate of drug-likeness (QED) is 0.717. The van der Waals surface area contributed by atoms with Gasteiger partial charge < -0.3 is 9.31 Å². The van der Waals surface area contributed by atoms with E-state index in [4.69, 9.17) is 9.31 Å². The fraction of sp³-hybridized carbons (Fsp3) is 0.933. The van der Waals surface area contributed by atoms with Crippen LogP contribution in [0.5, 0.6) is 0 Å². The van der Waals surface area contributed by atoms with Crippen molar-refractivity contribution in [3.63, 3.8) is 0 Å². The van der Waals surface area contributed by atoms with E-state index in [9.17, 15) is 4.79 Å². The molecule has 3 fully saturated rings. The Bertz CT molecular complexity index is 384. The fourth-order valence-electron chi connectivity index (χ4n) is 3.64. The van der Waals surface area contributed by atoms with E-state index in [2.05, 4.69) is 27.7 Å². The number of hydrogen-bond acceptors (Lipinski definition) is 3. The summed E-state index contributed by atoms with van der Waals surface area (Å²) in [5.74, 6) is 1.03. The monoisotopic (exact) mass is 264 g/mol. The molecular weight excluding hydrogens is 239 g/mol. The van der Waals surface area contributed by atoms with Gasteiger partial charge in [-0.3, -0.25) is 4.79 Å². The molecule has 0 aromatic rings. The summed E-state index contributed by atoms with van der Waals surface area (Å²) in [7, 11) is -0.200. The molecule has 1 aliphatic heterocycles. The molecule has 19 heavy (non-hydrogen) atoms. The second-order valence-electron chi connectivity index (χ2n) is 7.66. The fourth-order valence-corrected chi connectivity index (χ4v) is 3.64. The molecule has 2 aliphatic carbocycles. The Balaban J connectivity index is 1.88. The van der Waals surface area contributed by atoms with Crippen LogP contribution in [-0.2, 0) is 14.1 Å². The first kappa shape index (κ1) is 13.6. The van der Waals surface area contributed by atoms with Crippen LogP contribution in [0.1, 0.15) is 66.2 Å². The third kappa shape index (κ3) is 2.08. The molecule has 0 aromatic carbocycles. The minimum atomic E-state index is -0.292. The molecule has 1 atom stereocenters. The van der Waals surface area contributed by atoms with Gasteiger partial charge in [0.15, 0.2) is 0 Å². The zero-order chi connectivity index (χ0) is 13.9. The summed E-state index contributed by atoms with van der Waals surface area (Å²) in [6.07, 6.45) is 5.96. The van der Waals surface area contributed by atoms with Crippen molar-refractivity contribution in [2.75, 3.05) is 0 Å². The number of carbonyl (C=O) groups is 1. The van der Waals surface area contributed by atoms with Crippen LogP contribution in [0.15, 0.2) is 0 Å². The van der Waals surface area contributed by atoms with E-state index >= 15 is 0 Å². The van der Waals surface area contributed by atoms with Crippen molar-refractivity contribution in [2.45, 2.75) is 82.7 Å². The van der Waals surface area contributed by atoms with E-state index in [0.717, 1.165) is 19.3 Å². The summed E-state index contributed by atoms with van der Waals surface area (Å²) in [5.41, 5.74) is -0.583. The van der Waals surface area contributed by atoms with Gasteiger partial charge in [-0.15, -0.1) is 0 Å². The lowest BCUT2D eigenvalue weighted by Gasteiger charge is -2.38. The first-order valence-corrected chi connectivity index (χ1v) is 7.64. The molecule has 106 valence electrons. The molecule has 0 radical (unpaired) electrons. The van der Waals surface area contributed by atoms with Crippen LogP contribution in [0, 0.1) is 5.92 Å². The Morgan fingerprint density at radius 2 is 1.68 bits per heavy atom. The molecule has 1 saturated heterocycles. The first-order valence-electron chi connectivity index (χ1n) is 7.64. The molecule has 3 rings (SSSR count). The van der Waals surface area contributed by atoms with Gasteiger partial charge in [0.25, 0.3) is 0 Å². The van der Waals surface area contributed by atoms with Gasteiger partial charge >= 0.3 is 7.12 Å². The van der Waals surface area contributed by atoms with Crippen LogP contribution >= 0.6 is 0 Å². The third-order valence-electron chi connectivity index (χ3n) is 5.74. The lowest BCUT2D eigenvalue weighted by molar-refractivity contribution is -0.121. The zero-order valence-corrected chi connectivity index (χ0v) is 12.6. The highest BCUT2D eigenvalue weighted by Gasteiger charge is 2.64. The predicted octanol–water partition coefficient (Wildman–Crippen LogP) is 3.37. The summed E-state index contributed by atoms with van der Waals surface area (Å²) in [5, 5.41) is -0.0413. The van der Waals surface area contributed by atoms with Gasteiger partial charge in [-0.25, -0.2) is 0 Å². The van der Waals surface area contributed by atoms with E-state index in [0.29, 0.717) is 18.1 Å². The van der Waals surface area contributed by atoms with Crippen molar-refractivity contribution in [1.29, 1.82) is 0 Å². The van der Waals surface area contributed by atoms with Crippen molar-refractivity contribution in [3.05, 3.63) is 0 Å². The van der Waals surface area contributed by atoms with Gasteiger partial charge in [0.05, 0.1) is 11.2 Å². The lowest BCUT2D eigenvalue weighted by atomic mass is 9.48. The number of Topliss-reactive ketones (excluding diaryl/α,β-unsaturated/α-hetero) is 1. The number of rotatable bonds is 2. The van der Waals surface area contributed by atoms with Crippen molar-refractivity contribution in [2.24, 2.45) is 5.92 Å². The van der Waals surface area contributed by atoms with Crippen molar-refractivity contribution in [1.82, 2.24) is 0 Å². The van der Waals surface area contributed by atoms with Gasteiger partial charge in [0, 0.05) is 18.2 Å². The minimum absolute atomic E-state index is 0.0413. The number of carbonyl (C=O) groups excluding carboxylic acids is 1. The molecule has 4 heteroatoms. The Hall–Kier alpha value is -0.345. The summed E-state index contributed by atoms with van der Waals surface area (Å²) < 4.78 is 12.6. The largest absolute Gasteiger partial charge is 0.465 e. The molecule has 3 nitrogen and oxygen atoms in total. The topological polar surface area (TPSA) is 35.5 Å². The standard InChI is InChI=1S/C15H25BO3/c1-13(2)14(3,4)19-16(18-13)15(11-7-8-11)9-5-6-12(17)10-15/h11H,5-10H2,1-4H3. The molecule has 0 bridgehead atoms. The molecule has 1 heterocycles. The van der Waals surface area contributed by atoms with Crippen LogP contribution in [0.2, 0.25) is 5.31 Å². The van der Waals surface area contributed by atoms with Crippen molar-refractivity contribution >= 4 is 12.9 Å². The van der Waals surface area contributed by atoms with Gasteiger partial charge in [0.1, 0.15) is 5.78 Å². The van der Waals surface area contributed by atoms with Gasteiger partial charge in [0.2, 0.25) is 0 Å². The van der Waals surface area contributed by atoms with E-state index < -0.39 is 0 Å². The predicted molar refractivity (Wildman–Crippen MR) is 75.0 cm³/mol. The second kappa shape index (κ2) is 4.08. The lowest BCUT2D eigenvalue weighted by Crippen LogP contribution is -2.41. The molecule has 0 amide bonds. The van der Waals surface area contributed by atoms with E-state index in [1.165, 1.54) is 12.8 Å². The van der Waals surface area contributed by atoms with Crippen LogP contribution in [0.3, 0.4) is 0 Å². The minimum Gasteiger partial charge on any atom is -0.403 e. The highest BCUT2D eigenvalue weighted by Crippen LogP contribution is 2.62. The maximum Gasteiger partial charge on any atom is 0.465 e. The highest BCUT2D eigenvalue weighted by molar-refractivity contribution is 6.50. The van der Waals surface area contributed by atoms with Crippen molar-refractivity contribution < 1.29 is 14.1 Å². The van der Waals surface area contributed by atoms with E-state index in [-0.39, 0.29) is 23.6 Å². The highest BCUT2D eigenvalue weighted by atomic mass is 16.7. The normalized spacial score (nSPS) is 37.7. The average Bonchev–Trinajstić information content (AvgIpc) is 3.07. The van der Waals surface area contributed by atoms with E-state index in [1.54, 1.807) is 0 Å². The Labute approximate surface area is 116 Å². The molecule has 3 aliphatic rings. The van der Waals surface area contributed by atoms with Crippen LogP contribution in [0.4, 0.5) is 0 Å². The maximum atomic E-state index is 12.0. The second-order valence-corrected chi connectivity index (χ2v) is 7.66. The van der Waals surface area contributed by atoms with Crippen LogP contribution < -0.4 is 0 Å².